The second kappa shape index (κ2) is 12.8. The molecule has 1 unspecified atom stereocenters. The van der Waals surface area contributed by atoms with Crippen molar-refractivity contribution >= 4 is 53.2 Å². The van der Waals surface area contributed by atoms with Gasteiger partial charge in [0.2, 0.25) is 0 Å². The van der Waals surface area contributed by atoms with E-state index in [2.05, 4.69) is 4.90 Å². The van der Waals surface area contributed by atoms with Gasteiger partial charge in [-0.15, -0.1) is 12.4 Å². The molecule has 2 aromatic carbocycles. The molecule has 0 N–H and O–H groups in total. The van der Waals surface area contributed by atoms with Crippen molar-refractivity contribution in [3.8, 4) is 0 Å². The highest BCUT2D eigenvalue weighted by atomic mass is 35.5. The summed E-state index contributed by atoms with van der Waals surface area (Å²) in [6, 6.07) is 12.2. The number of benzene rings is 2. The maximum absolute atomic E-state index is 12.5. The van der Waals surface area contributed by atoms with Gasteiger partial charge in [-0.2, -0.15) is 0 Å². The minimum Gasteiger partial charge on any atom is -0.461 e. The first-order valence-electron chi connectivity index (χ1n) is 10.1. The molecular weight excluding hydrogens is 464 g/mol. The van der Waals surface area contributed by atoms with Crippen molar-refractivity contribution in [2.45, 2.75) is 38.0 Å². The van der Waals surface area contributed by atoms with Gasteiger partial charge in [-0.05, 0) is 80.9 Å². The zero-order chi connectivity index (χ0) is 20.6. The fraction of sp³-hybridized carbons (Fsp3) is 0.435. The van der Waals surface area contributed by atoms with Crippen molar-refractivity contribution in [3.63, 3.8) is 0 Å². The van der Waals surface area contributed by atoms with Crippen molar-refractivity contribution in [1.82, 2.24) is 4.90 Å². The first kappa shape index (κ1) is 25.3. The van der Waals surface area contributed by atoms with Crippen LogP contribution in [0.25, 0.3) is 0 Å². The maximum Gasteiger partial charge on any atom is 0.338 e. The summed E-state index contributed by atoms with van der Waals surface area (Å²) in [5, 5.41) is 1.80. The maximum atomic E-state index is 12.5. The molecule has 2 aromatic rings. The molecule has 1 heterocycles. The van der Waals surface area contributed by atoms with Gasteiger partial charge in [-0.25, -0.2) is 4.79 Å². The van der Waals surface area contributed by atoms with E-state index in [0.717, 1.165) is 31.6 Å². The number of halogens is 4. The summed E-state index contributed by atoms with van der Waals surface area (Å²) in [4.78, 5) is 15.0. The number of likely N-dealkylation sites (tertiary alicyclic amines) is 1. The molecule has 1 fully saturated rings. The van der Waals surface area contributed by atoms with E-state index >= 15 is 0 Å². The van der Waals surface area contributed by atoms with Crippen molar-refractivity contribution < 1.29 is 9.53 Å². The molecule has 1 aliphatic heterocycles. The van der Waals surface area contributed by atoms with Crippen LogP contribution in [0.2, 0.25) is 15.1 Å². The van der Waals surface area contributed by atoms with Gasteiger partial charge in [0.05, 0.1) is 12.2 Å². The number of rotatable bonds is 7. The summed E-state index contributed by atoms with van der Waals surface area (Å²) >= 11 is 18.4. The summed E-state index contributed by atoms with van der Waals surface area (Å²) in [5.74, 6) is -0.342. The highest BCUT2D eigenvalue weighted by molar-refractivity contribution is 6.35. The number of hydrogen-bond donors (Lipinski definition) is 0. The SMILES string of the molecule is Cl.O=C(OCC(CCN1CCCCCC1)c1ccc(Cl)cc1Cl)c1ccc(Cl)cc1. The minimum atomic E-state index is -0.355. The summed E-state index contributed by atoms with van der Waals surface area (Å²) in [7, 11) is 0. The molecule has 7 heteroatoms. The number of esters is 1. The Morgan fingerprint density at radius 2 is 1.57 bits per heavy atom. The van der Waals surface area contributed by atoms with E-state index in [9.17, 15) is 4.79 Å². The number of hydrogen-bond acceptors (Lipinski definition) is 3. The fourth-order valence-electron chi connectivity index (χ4n) is 3.70. The average molecular weight is 491 g/mol. The van der Waals surface area contributed by atoms with E-state index < -0.39 is 0 Å². The molecule has 1 atom stereocenters. The quantitative estimate of drug-likeness (QED) is 0.382. The second-order valence-corrected chi connectivity index (χ2v) is 8.79. The third-order valence-corrected chi connectivity index (χ3v) is 6.20. The van der Waals surface area contributed by atoms with E-state index in [4.69, 9.17) is 39.5 Å². The van der Waals surface area contributed by atoms with Gasteiger partial charge in [0.25, 0.3) is 0 Å². The zero-order valence-electron chi connectivity index (χ0n) is 16.8. The Labute approximate surface area is 200 Å². The Morgan fingerprint density at radius 1 is 0.933 bits per heavy atom. The summed E-state index contributed by atoms with van der Waals surface area (Å²) < 4.78 is 5.64. The van der Waals surface area contributed by atoms with E-state index in [0.29, 0.717) is 20.6 Å². The molecule has 164 valence electrons. The topological polar surface area (TPSA) is 29.5 Å². The lowest BCUT2D eigenvalue weighted by molar-refractivity contribution is 0.0470. The summed E-state index contributed by atoms with van der Waals surface area (Å²) in [5.41, 5.74) is 1.46. The lowest BCUT2D eigenvalue weighted by Crippen LogP contribution is -2.28. The molecule has 1 saturated heterocycles. The van der Waals surface area contributed by atoms with Gasteiger partial charge < -0.3 is 9.64 Å². The predicted molar refractivity (Wildman–Crippen MR) is 128 cm³/mol. The monoisotopic (exact) mass is 489 g/mol. The van der Waals surface area contributed by atoms with Crippen LogP contribution >= 0.6 is 47.2 Å². The molecule has 0 aromatic heterocycles. The fourth-order valence-corrected chi connectivity index (χ4v) is 4.39. The van der Waals surface area contributed by atoms with Gasteiger partial charge >= 0.3 is 5.97 Å². The van der Waals surface area contributed by atoms with Gasteiger partial charge in [0.15, 0.2) is 0 Å². The smallest absolute Gasteiger partial charge is 0.338 e. The minimum absolute atomic E-state index is 0. The van der Waals surface area contributed by atoms with Gasteiger partial charge in [0.1, 0.15) is 0 Å². The molecule has 30 heavy (non-hydrogen) atoms. The van der Waals surface area contributed by atoms with Gasteiger partial charge in [-0.1, -0.05) is 53.7 Å². The van der Waals surface area contributed by atoms with Gasteiger partial charge in [-0.3, -0.25) is 0 Å². The molecule has 0 radical (unpaired) electrons. The van der Waals surface area contributed by atoms with E-state index in [1.165, 1.54) is 25.7 Å². The van der Waals surface area contributed by atoms with Crippen molar-refractivity contribution in [3.05, 3.63) is 68.7 Å². The van der Waals surface area contributed by atoms with Crippen LogP contribution in [0.15, 0.2) is 42.5 Å². The van der Waals surface area contributed by atoms with Crippen LogP contribution in [0.1, 0.15) is 53.9 Å². The highest BCUT2D eigenvalue weighted by Crippen LogP contribution is 2.30. The third kappa shape index (κ3) is 7.62. The molecule has 0 bridgehead atoms. The average Bonchev–Trinajstić information content (AvgIpc) is 2.98. The Bertz CT molecular complexity index is 805. The largest absolute Gasteiger partial charge is 0.461 e. The normalized spacial score (nSPS) is 15.7. The lowest BCUT2D eigenvalue weighted by atomic mass is 9.96. The number of carbonyl (C=O) groups excluding carboxylic acids is 1. The van der Waals surface area contributed by atoms with Crippen LogP contribution in [0.5, 0.6) is 0 Å². The molecule has 1 aliphatic rings. The summed E-state index contributed by atoms with van der Waals surface area (Å²) in [6.45, 7) is 3.50. The molecule has 3 nitrogen and oxygen atoms in total. The first-order chi connectivity index (χ1) is 14.0. The first-order valence-corrected chi connectivity index (χ1v) is 11.3. The Balaban J connectivity index is 0.00000320. The van der Waals surface area contributed by atoms with E-state index in [-0.39, 0.29) is 30.9 Å². The standard InChI is InChI=1S/C23H26Cl3NO2.ClH/c24-19-7-5-17(6-8-19)23(28)29-16-18(21-10-9-20(25)15-22(21)26)11-14-27-12-3-1-2-4-13-27;/h5-10,15,18H,1-4,11-14,16H2;1H. The van der Waals surface area contributed by atoms with Crippen molar-refractivity contribution in [2.75, 3.05) is 26.2 Å². The van der Waals surface area contributed by atoms with Crippen LogP contribution in [-0.2, 0) is 4.74 Å². The van der Waals surface area contributed by atoms with E-state index in [1.54, 1.807) is 30.3 Å². The van der Waals surface area contributed by atoms with Crippen LogP contribution in [0.4, 0.5) is 0 Å². The van der Waals surface area contributed by atoms with E-state index in [1.807, 2.05) is 12.1 Å². The van der Waals surface area contributed by atoms with Crippen molar-refractivity contribution in [2.24, 2.45) is 0 Å². The van der Waals surface area contributed by atoms with Crippen molar-refractivity contribution in [1.29, 1.82) is 0 Å². The van der Waals surface area contributed by atoms with Crippen LogP contribution in [0.3, 0.4) is 0 Å². The van der Waals surface area contributed by atoms with Crippen LogP contribution < -0.4 is 0 Å². The third-order valence-electron chi connectivity index (χ3n) is 5.39. The number of ether oxygens (including phenoxy) is 1. The Hall–Kier alpha value is -0.970. The highest BCUT2D eigenvalue weighted by Gasteiger charge is 2.20. The second-order valence-electron chi connectivity index (χ2n) is 7.51. The van der Waals surface area contributed by atoms with Crippen LogP contribution in [0, 0.1) is 0 Å². The molecule has 3 rings (SSSR count). The number of nitrogens with zero attached hydrogens (tertiary/aromatic N) is 1. The lowest BCUT2D eigenvalue weighted by Gasteiger charge is -2.24. The molecule has 0 spiro atoms. The predicted octanol–water partition coefficient (Wildman–Crippen LogP) is 7.28. The molecule has 0 aliphatic carbocycles. The summed E-state index contributed by atoms with van der Waals surface area (Å²) in [6.07, 6.45) is 5.98. The van der Waals surface area contributed by atoms with Gasteiger partial charge in [0, 0.05) is 21.0 Å². The molecular formula is C23H27Cl4NO2. The molecule has 0 amide bonds. The Morgan fingerprint density at radius 3 is 2.20 bits per heavy atom. The molecule has 0 saturated carbocycles. The Kier molecular flexibility index (Phi) is 10.8. The number of carbonyl (C=O) groups is 1. The van der Waals surface area contributed by atoms with Crippen LogP contribution in [-0.4, -0.2) is 37.1 Å². The zero-order valence-corrected chi connectivity index (χ0v) is 19.9.